The summed E-state index contributed by atoms with van der Waals surface area (Å²) in [4.78, 5) is 12.2. The molecule has 2 aliphatic rings. The van der Waals surface area contributed by atoms with Crippen molar-refractivity contribution in [1.82, 2.24) is 0 Å². The molecule has 5 heteroatoms. The van der Waals surface area contributed by atoms with Crippen LogP contribution in [-0.4, -0.2) is 18.2 Å². The van der Waals surface area contributed by atoms with E-state index in [1.54, 1.807) is 18.2 Å². The Morgan fingerprint density at radius 2 is 2.33 bits per heavy atom. The molecule has 2 N–H and O–H groups in total. The number of fused-ring (bicyclic) bond motifs is 1. The first-order valence-electron chi connectivity index (χ1n) is 8.14. The van der Waals surface area contributed by atoms with Crippen molar-refractivity contribution in [3.63, 3.8) is 0 Å². The van der Waals surface area contributed by atoms with Crippen LogP contribution in [-0.2, 0) is 20.7 Å². The number of carbonyl (C=O) groups excluding carboxylic acids is 1. The molecule has 24 heavy (non-hydrogen) atoms. The van der Waals surface area contributed by atoms with Gasteiger partial charge in [0.1, 0.15) is 17.2 Å². The number of hydrogen-bond donors (Lipinski definition) is 1. The predicted octanol–water partition coefficient (Wildman–Crippen LogP) is 3.38. The second-order valence-corrected chi connectivity index (χ2v) is 6.59. The zero-order valence-corrected chi connectivity index (χ0v) is 13.8. The molecule has 1 aliphatic carbocycles. The fraction of sp³-hybridized carbons (Fsp3) is 0.421. The van der Waals surface area contributed by atoms with Crippen LogP contribution in [0.25, 0.3) is 0 Å². The number of carbonyl (C=O) groups is 1. The molecule has 3 atom stereocenters. The fourth-order valence-corrected chi connectivity index (χ4v) is 3.63. The number of ether oxygens (including phenoxy) is 2. The average molecular weight is 331 g/mol. The van der Waals surface area contributed by atoms with Crippen LogP contribution in [0.1, 0.15) is 25.3 Å². The highest BCUT2D eigenvalue weighted by atomic mass is 19.1. The number of rotatable bonds is 5. The normalized spacial score (nSPS) is 27.2. The first-order valence-corrected chi connectivity index (χ1v) is 8.14. The van der Waals surface area contributed by atoms with E-state index in [9.17, 15) is 9.18 Å². The monoisotopic (exact) mass is 331 g/mol. The largest absolute Gasteiger partial charge is 0.469 e. The van der Waals surface area contributed by atoms with Crippen LogP contribution in [0.3, 0.4) is 0 Å². The van der Waals surface area contributed by atoms with E-state index >= 15 is 0 Å². The Hall–Kier alpha value is -2.14. The number of halogens is 1. The van der Waals surface area contributed by atoms with Crippen LogP contribution in [0.2, 0.25) is 0 Å². The number of nitrogens with two attached hydrogens (primary N) is 1. The molecular formula is C19H22FNO3. The highest BCUT2D eigenvalue weighted by Gasteiger charge is 2.51. The van der Waals surface area contributed by atoms with Gasteiger partial charge in [-0.2, -0.15) is 0 Å². The van der Waals surface area contributed by atoms with Gasteiger partial charge in [0.15, 0.2) is 12.6 Å². The lowest BCUT2D eigenvalue weighted by molar-refractivity contribution is -0.123. The Kier molecular flexibility index (Phi) is 4.45. The van der Waals surface area contributed by atoms with Gasteiger partial charge in [-0.3, -0.25) is 4.79 Å². The van der Waals surface area contributed by atoms with Crippen molar-refractivity contribution in [1.29, 1.82) is 0 Å². The number of ketones is 1. The maximum Gasteiger partial charge on any atom is 0.189 e. The average Bonchev–Trinajstić information content (AvgIpc) is 2.95. The molecule has 0 amide bonds. The van der Waals surface area contributed by atoms with Crippen molar-refractivity contribution in [3.05, 3.63) is 54.1 Å². The van der Waals surface area contributed by atoms with Gasteiger partial charge >= 0.3 is 0 Å². The fourth-order valence-electron chi connectivity index (χ4n) is 3.63. The third kappa shape index (κ3) is 2.84. The van der Waals surface area contributed by atoms with Crippen molar-refractivity contribution >= 4 is 11.5 Å². The molecule has 1 aromatic rings. The minimum atomic E-state index is -0.639. The SMILES string of the molecule is C=CC[C@H]1C[C@]2([C@@H](C)Cc3ccc(N)c(F)c3)OCOC2=CC1=O. The molecule has 1 fully saturated rings. The highest BCUT2D eigenvalue weighted by molar-refractivity contribution is 5.93. The first kappa shape index (κ1) is 16.7. The topological polar surface area (TPSA) is 61.6 Å². The number of benzene rings is 1. The Balaban J connectivity index is 1.87. The van der Waals surface area contributed by atoms with E-state index in [0.29, 0.717) is 25.0 Å². The molecule has 4 nitrogen and oxygen atoms in total. The lowest BCUT2D eigenvalue weighted by Gasteiger charge is -2.38. The van der Waals surface area contributed by atoms with Crippen molar-refractivity contribution in [2.45, 2.75) is 31.8 Å². The van der Waals surface area contributed by atoms with Crippen LogP contribution in [0.15, 0.2) is 42.7 Å². The molecule has 0 aromatic heterocycles. The Morgan fingerprint density at radius 1 is 1.54 bits per heavy atom. The third-order valence-corrected chi connectivity index (χ3v) is 5.03. The Morgan fingerprint density at radius 3 is 3.04 bits per heavy atom. The minimum Gasteiger partial charge on any atom is -0.469 e. The van der Waals surface area contributed by atoms with Crippen LogP contribution in [0.4, 0.5) is 10.1 Å². The quantitative estimate of drug-likeness (QED) is 0.664. The van der Waals surface area contributed by atoms with Gasteiger partial charge in [0.2, 0.25) is 0 Å². The number of anilines is 1. The number of nitrogen functional groups attached to an aromatic ring is 1. The lowest BCUT2D eigenvalue weighted by atomic mass is 9.71. The summed E-state index contributed by atoms with van der Waals surface area (Å²) in [6.45, 7) is 5.91. The molecule has 1 aliphatic heterocycles. The second kappa shape index (κ2) is 6.40. The Labute approximate surface area is 141 Å². The van der Waals surface area contributed by atoms with E-state index in [-0.39, 0.29) is 30.1 Å². The van der Waals surface area contributed by atoms with Gasteiger partial charge in [-0.05, 0) is 42.9 Å². The van der Waals surface area contributed by atoms with E-state index in [1.165, 1.54) is 6.07 Å². The van der Waals surface area contributed by atoms with Gasteiger partial charge in [0.25, 0.3) is 0 Å². The van der Waals surface area contributed by atoms with Crippen molar-refractivity contribution < 1.29 is 18.7 Å². The molecule has 0 saturated carbocycles. The van der Waals surface area contributed by atoms with Crippen LogP contribution >= 0.6 is 0 Å². The number of allylic oxidation sites excluding steroid dienone is 2. The van der Waals surface area contributed by atoms with Gasteiger partial charge in [-0.1, -0.05) is 19.1 Å². The van der Waals surface area contributed by atoms with E-state index in [2.05, 4.69) is 6.58 Å². The molecule has 0 spiro atoms. The summed E-state index contributed by atoms with van der Waals surface area (Å²) in [7, 11) is 0. The van der Waals surface area contributed by atoms with E-state index < -0.39 is 11.4 Å². The van der Waals surface area contributed by atoms with E-state index in [1.807, 2.05) is 13.0 Å². The Bertz CT molecular complexity index is 700. The maximum atomic E-state index is 13.7. The number of hydrogen-bond acceptors (Lipinski definition) is 4. The van der Waals surface area contributed by atoms with Crippen LogP contribution < -0.4 is 5.73 Å². The van der Waals surface area contributed by atoms with Crippen molar-refractivity contribution in [2.75, 3.05) is 12.5 Å². The van der Waals surface area contributed by atoms with Crippen LogP contribution in [0, 0.1) is 17.7 Å². The maximum absolute atomic E-state index is 13.7. The van der Waals surface area contributed by atoms with Crippen molar-refractivity contribution in [2.24, 2.45) is 11.8 Å². The highest BCUT2D eigenvalue weighted by Crippen LogP contribution is 2.46. The second-order valence-electron chi connectivity index (χ2n) is 6.59. The molecule has 128 valence electrons. The summed E-state index contributed by atoms with van der Waals surface area (Å²) in [5.41, 5.74) is 5.88. The zero-order chi connectivity index (χ0) is 17.3. The summed E-state index contributed by atoms with van der Waals surface area (Å²) in [6, 6.07) is 4.85. The summed E-state index contributed by atoms with van der Waals surface area (Å²) in [6.07, 6.45) is 5.09. The standard InChI is InChI=1S/C19H22FNO3/c1-3-4-14-10-19(18(9-17(14)22)23-11-24-19)12(2)7-13-5-6-16(21)15(20)8-13/h3,5-6,8-9,12,14H,1,4,7,10-11,21H2,2H3/t12-,14-,19+/m0/s1. The van der Waals surface area contributed by atoms with Gasteiger partial charge in [-0.25, -0.2) is 4.39 Å². The molecule has 0 radical (unpaired) electrons. The molecule has 1 saturated heterocycles. The van der Waals surface area contributed by atoms with E-state index in [4.69, 9.17) is 15.2 Å². The summed E-state index contributed by atoms with van der Waals surface area (Å²) in [5, 5.41) is 0. The zero-order valence-electron chi connectivity index (χ0n) is 13.8. The smallest absolute Gasteiger partial charge is 0.189 e. The molecule has 3 rings (SSSR count). The van der Waals surface area contributed by atoms with Crippen LogP contribution in [0.5, 0.6) is 0 Å². The van der Waals surface area contributed by atoms with Gasteiger partial charge in [-0.15, -0.1) is 6.58 Å². The van der Waals surface area contributed by atoms with Gasteiger partial charge in [0.05, 0.1) is 5.69 Å². The predicted molar refractivity (Wildman–Crippen MR) is 89.5 cm³/mol. The van der Waals surface area contributed by atoms with E-state index in [0.717, 1.165) is 5.56 Å². The lowest BCUT2D eigenvalue weighted by Crippen LogP contribution is -2.44. The summed E-state index contributed by atoms with van der Waals surface area (Å²) in [5.74, 6) is 0.0983. The van der Waals surface area contributed by atoms with Gasteiger partial charge < -0.3 is 15.2 Å². The molecule has 0 bridgehead atoms. The van der Waals surface area contributed by atoms with Gasteiger partial charge in [0, 0.05) is 12.0 Å². The third-order valence-electron chi connectivity index (χ3n) is 5.03. The molecule has 1 aromatic carbocycles. The molecule has 0 unspecified atom stereocenters. The first-order chi connectivity index (χ1) is 11.5. The molecule has 1 heterocycles. The molecular weight excluding hydrogens is 309 g/mol. The minimum absolute atomic E-state index is 0.0229. The summed E-state index contributed by atoms with van der Waals surface area (Å²) < 4.78 is 25.2. The van der Waals surface area contributed by atoms with Crippen molar-refractivity contribution in [3.8, 4) is 0 Å². The summed E-state index contributed by atoms with van der Waals surface area (Å²) >= 11 is 0.